The van der Waals surface area contributed by atoms with Crippen molar-refractivity contribution in [2.75, 3.05) is 18.4 Å². The maximum absolute atomic E-state index is 12.7. The van der Waals surface area contributed by atoms with Crippen molar-refractivity contribution in [2.24, 2.45) is 5.92 Å². The Bertz CT molecular complexity index is 496. The minimum absolute atomic E-state index is 0.214. The van der Waals surface area contributed by atoms with E-state index >= 15 is 0 Å². The molecule has 0 aliphatic carbocycles. The first kappa shape index (κ1) is 12.5. The minimum atomic E-state index is 0.214. The summed E-state index contributed by atoms with van der Waals surface area (Å²) in [6.07, 6.45) is 3.32. The summed E-state index contributed by atoms with van der Waals surface area (Å²) < 4.78 is 0. The summed E-state index contributed by atoms with van der Waals surface area (Å²) in [5.41, 5.74) is 3.33. The average molecular weight is 258 g/mol. The molecule has 0 aromatic heterocycles. The summed E-state index contributed by atoms with van der Waals surface area (Å²) in [5.74, 6) is 0.758. The number of carbonyl (C=O) groups excluding carboxylic acids is 1. The second-order valence-electron chi connectivity index (χ2n) is 6.00. The molecule has 3 nitrogen and oxygen atoms in total. The van der Waals surface area contributed by atoms with Crippen LogP contribution in [-0.4, -0.2) is 29.9 Å². The highest BCUT2D eigenvalue weighted by molar-refractivity contribution is 5.95. The molecule has 0 saturated carbocycles. The molecule has 1 fully saturated rings. The van der Waals surface area contributed by atoms with Gasteiger partial charge in [0.25, 0.3) is 5.91 Å². The minimum Gasteiger partial charge on any atom is -0.384 e. The Hall–Kier alpha value is -1.51. The lowest BCUT2D eigenvalue weighted by atomic mass is 10.0. The summed E-state index contributed by atoms with van der Waals surface area (Å²) in [5, 5.41) is 3.34. The predicted octanol–water partition coefficient (Wildman–Crippen LogP) is 2.92. The van der Waals surface area contributed by atoms with Crippen molar-refractivity contribution in [3.63, 3.8) is 0 Å². The van der Waals surface area contributed by atoms with Gasteiger partial charge in [0.1, 0.15) is 0 Å². The molecule has 1 unspecified atom stereocenters. The molecule has 2 aliphatic heterocycles. The van der Waals surface area contributed by atoms with Crippen LogP contribution in [0.1, 0.15) is 42.6 Å². The molecule has 3 heteroatoms. The Balaban J connectivity index is 1.84. The fourth-order valence-electron chi connectivity index (χ4n) is 3.34. The molecular weight excluding hydrogens is 236 g/mol. The molecule has 102 valence electrons. The molecule has 0 radical (unpaired) electrons. The van der Waals surface area contributed by atoms with E-state index in [0.29, 0.717) is 12.0 Å². The molecule has 1 atom stereocenters. The van der Waals surface area contributed by atoms with E-state index in [-0.39, 0.29) is 5.91 Å². The van der Waals surface area contributed by atoms with E-state index in [1.807, 2.05) is 6.07 Å². The maximum atomic E-state index is 12.7. The van der Waals surface area contributed by atoms with Crippen LogP contribution in [0.25, 0.3) is 0 Å². The fraction of sp³-hybridized carbons (Fsp3) is 0.562. The zero-order valence-corrected chi connectivity index (χ0v) is 11.8. The lowest BCUT2D eigenvalue weighted by Crippen LogP contribution is -2.38. The zero-order valence-electron chi connectivity index (χ0n) is 11.8. The van der Waals surface area contributed by atoms with Gasteiger partial charge in [0.2, 0.25) is 0 Å². The monoisotopic (exact) mass is 258 g/mol. The first-order valence-corrected chi connectivity index (χ1v) is 7.34. The summed E-state index contributed by atoms with van der Waals surface area (Å²) in [6, 6.07) is 6.51. The molecule has 1 aromatic rings. The Morgan fingerprint density at radius 2 is 2.26 bits per heavy atom. The molecule has 0 bridgehead atoms. The summed E-state index contributed by atoms with van der Waals surface area (Å²) >= 11 is 0. The number of fused-ring (bicyclic) bond motifs is 1. The first-order valence-electron chi connectivity index (χ1n) is 7.34. The van der Waals surface area contributed by atoms with Crippen LogP contribution >= 0.6 is 0 Å². The van der Waals surface area contributed by atoms with Crippen LogP contribution in [0.4, 0.5) is 5.69 Å². The SMILES string of the molecule is CC(C)C1CCCN1C(=O)c1ccc2c(c1)CCN2. The van der Waals surface area contributed by atoms with Crippen LogP contribution in [0, 0.1) is 5.92 Å². The summed E-state index contributed by atoms with van der Waals surface area (Å²) in [6.45, 7) is 6.33. The van der Waals surface area contributed by atoms with Gasteiger partial charge in [0.15, 0.2) is 0 Å². The van der Waals surface area contributed by atoms with Gasteiger partial charge in [-0.15, -0.1) is 0 Å². The first-order chi connectivity index (χ1) is 9.16. The topological polar surface area (TPSA) is 32.3 Å². The number of benzene rings is 1. The lowest BCUT2D eigenvalue weighted by molar-refractivity contribution is 0.0701. The van der Waals surface area contributed by atoms with E-state index in [0.717, 1.165) is 37.9 Å². The Labute approximate surface area is 115 Å². The van der Waals surface area contributed by atoms with E-state index in [4.69, 9.17) is 0 Å². The maximum Gasteiger partial charge on any atom is 0.254 e. The molecule has 3 rings (SSSR count). The average Bonchev–Trinajstić information content (AvgIpc) is 3.05. The van der Waals surface area contributed by atoms with Crippen LogP contribution in [0.3, 0.4) is 0 Å². The second kappa shape index (κ2) is 4.87. The van der Waals surface area contributed by atoms with Gasteiger partial charge >= 0.3 is 0 Å². The van der Waals surface area contributed by atoms with Crippen LogP contribution in [0.2, 0.25) is 0 Å². The van der Waals surface area contributed by atoms with E-state index in [1.54, 1.807) is 0 Å². The normalized spacial score (nSPS) is 21.6. The van der Waals surface area contributed by atoms with Crippen molar-refractivity contribution < 1.29 is 4.79 Å². The molecular formula is C16H22N2O. The number of likely N-dealkylation sites (tertiary alicyclic amines) is 1. The molecule has 19 heavy (non-hydrogen) atoms. The van der Waals surface area contributed by atoms with Crippen LogP contribution in [0.5, 0.6) is 0 Å². The van der Waals surface area contributed by atoms with Gasteiger partial charge in [-0.1, -0.05) is 13.8 Å². The number of hydrogen-bond acceptors (Lipinski definition) is 2. The molecule has 2 aliphatic rings. The van der Waals surface area contributed by atoms with Crippen molar-refractivity contribution in [1.82, 2.24) is 4.90 Å². The molecule has 1 aromatic carbocycles. The largest absolute Gasteiger partial charge is 0.384 e. The van der Waals surface area contributed by atoms with Gasteiger partial charge in [-0.25, -0.2) is 0 Å². The van der Waals surface area contributed by atoms with Crippen LogP contribution in [-0.2, 0) is 6.42 Å². The molecule has 1 amide bonds. The number of amides is 1. The molecule has 1 N–H and O–H groups in total. The molecule has 0 spiro atoms. The van der Waals surface area contributed by atoms with Crippen molar-refractivity contribution in [1.29, 1.82) is 0 Å². The fourth-order valence-corrected chi connectivity index (χ4v) is 3.34. The predicted molar refractivity (Wildman–Crippen MR) is 77.5 cm³/mol. The van der Waals surface area contributed by atoms with Gasteiger partial charge < -0.3 is 10.2 Å². The van der Waals surface area contributed by atoms with E-state index < -0.39 is 0 Å². The van der Waals surface area contributed by atoms with E-state index in [2.05, 4.69) is 36.2 Å². The van der Waals surface area contributed by atoms with Crippen molar-refractivity contribution in [3.05, 3.63) is 29.3 Å². The van der Waals surface area contributed by atoms with Gasteiger partial charge in [0.05, 0.1) is 0 Å². The number of hydrogen-bond donors (Lipinski definition) is 1. The zero-order chi connectivity index (χ0) is 13.4. The van der Waals surface area contributed by atoms with Crippen molar-refractivity contribution in [2.45, 2.75) is 39.2 Å². The van der Waals surface area contributed by atoms with E-state index in [1.165, 1.54) is 11.3 Å². The smallest absolute Gasteiger partial charge is 0.254 e. The quantitative estimate of drug-likeness (QED) is 0.884. The highest BCUT2D eigenvalue weighted by Gasteiger charge is 2.31. The standard InChI is InChI=1S/C16H22N2O/c1-11(2)15-4-3-9-18(15)16(19)13-5-6-14-12(10-13)7-8-17-14/h5-6,10-11,15,17H,3-4,7-9H2,1-2H3. The Morgan fingerprint density at radius 3 is 3.05 bits per heavy atom. The van der Waals surface area contributed by atoms with Crippen molar-refractivity contribution in [3.8, 4) is 0 Å². The lowest BCUT2D eigenvalue weighted by Gasteiger charge is -2.28. The third-order valence-corrected chi connectivity index (χ3v) is 4.39. The van der Waals surface area contributed by atoms with Gasteiger partial charge in [0, 0.05) is 30.4 Å². The van der Waals surface area contributed by atoms with Gasteiger partial charge in [-0.2, -0.15) is 0 Å². The van der Waals surface area contributed by atoms with Crippen molar-refractivity contribution >= 4 is 11.6 Å². The number of carbonyl (C=O) groups is 1. The molecule has 2 heterocycles. The van der Waals surface area contributed by atoms with Crippen LogP contribution < -0.4 is 5.32 Å². The number of nitrogens with one attached hydrogen (secondary N) is 1. The summed E-state index contributed by atoms with van der Waals surface area (Å²) in [4.78, 5) is 14.7. The number of anilines is 1. The highest BCUT2D eigenvalue weighted by Crippen LogP contribution is 2.28. The summed E-state index contributed by atoms with van der Waals surface area (Å²) in [7, 11) is 0. The third-order valence-electron chi connectivity index (χ3n) is 4.39. The Kier molecular flexibility index (Phi) is 3.21. The number of rotatable bonds is 2. The van der Waals surface area contributed by atoms with Gasteiger partial charge in [-0.05, 0) is 48.9 Å². The Morgan fingerprint density at radius 1 is 1.42 bits per heavy atom. The van der Waals surface area contributed by atoms with Gasteiger partial charge in [-0.3, -0.25) is 4.79 Å². The number of nitrogens with zero attached hydrogens (tertiary/aromatic N) is 1. The second-order valence-corrected chi connectivity index (χ2v) is 6.00. The molecule has 1 saturated heterocycles. The third kappa shape index (κ3) is 2.22. The van der Waals surface area contributed by atoms with E-state index in [9.17, 15) is 4.79 Å². The van der Waals surface area contributed by atoms with Crippen LogP contribution in [0.15, 0.2) is 18.2 Å². The highest BCUT2D eigenvalue weighted by atomic mass is 16.2.